The second-order valence-corrected chi connectivity index (χ2v) is 6.79. The Kier molecular flexibility index (Phi) is 5.50. The number of aromatic nitrogens is 2. The van der Waals surface area contributed by atoms with Gasteiger partial charge in [0.1, 0.15) is 18.0 Å². The summed E-state index contributed by atoms with van der Waals surface area (Å²) in [6.07, 6.45) is 6.24. The van der Waals surface area contributed by atoms with Crippen molar-refractivity contribution in [1.29, 1.82) is 0 Å². The Morgan fingerprint density at radius 2 is 2.12 bits per heavy atom. The monoisotopic (exact) mass is 333 g/mol. The minimum atomic E-state index is 0.138. The molecule has 0 aliphatic carbocycles. The van der Waals surface area contributed by atoms with Crippen LogP contribution >= 0.6 is 0 Å². The molecule has 2 fully saturated rings. The van der Waals surface area contributed by atoms with Crippen molar-refractivity contribution in [2.24, 2.45) is 0 Å². The van der Waals surface area contributed by atoms with Crippen LogP contribution in [0.25, 0.3) is 0 Å². The van der Waals surface area contributed by atoms with Crippen LogP contribution in [0.15, 0.2) is 12.4 Å². The van der Waals surface area contributed by atoms with Gasteiger partial charge in [-0.25, -0.2) is 9.97 Å². The van der Waals surface area contributed by atoms with Gasteiger partial charge in [-0.15, -0.1) is 0 Å². The lowest BCUT2D eigenvalue weighted by molar-refractivity contribution is -0.134. The first kappa shape index (κ1) is 17.0. The van der Waals surface area contributed by atoms with Gasteiger partial charge in [-0.2, -0.15) is 0 Å². The quantitative estimate of drug-likeness (QED) is 0.881. The van der Waals surface area contributed by atoms with Crippen molar-refractivity contribution < 1.29 is 9.53 Å². The first-order chi connectivity index (χ1) is 11.6. The van der Waals surface area contributed by atoms with Crippen LogP contribution in [0.3, 0.4) is 0 Å². The minimum Gasteiger partial charge on any atom is -0.378 e. The van der Waals surface area contributed by atoms with Crippen molar-refractivity contribution in [2.75, 3.05) is 44.0 Å². The van der Waals surface area contributed by atoms with E-state index in [9.17, 15) is 4.79 Å². The van der Waals surface area contributed by atoms with E-state index in [4.69, 9.17) is 4.74 Å². The van der Waals surface area contributed by atoms with Gasteiger partial charge in [-0.1, -0.05) is 0 Å². The highest BCUT2D eigenvalue weighted by Gasteiger charge is 2.26. The Morgan fingerprint density at radius 3 is 2.79 bits per heavy atom. The molecular formula is C17H27N5O2. The number of hydrogen-bond acceptors (Lipinski definition) is 6. The highest BCUT2D eigenvalue weighted by molar-refractivity contribution is 5.76. The molecule has 0 spiro atoms. The number of piperidine rings is 1. The van der Waals surface area contributed by atoms with Gasteiger partial charge in [0.2, 0.25) is 5.91 Å². The Balaban J connectivity index is 1.46. The van der Waals surface area contributed by atoms with E-state index < -0.39 is 0 Å². The molecule has 1 N–H and O–H groups in total. The lowest BCUT2D eigenvalue weighted by atomic mass is 10.0. The van der Waals surface area contributed by atoms with Crippen LogP contribution in [0.1, 0.15) is 32.1 Å². The molecule has 0 radical (unpaired) electrons. The maximum atomic E-state index is 12.3. The van der Waals surface area contributed by atoms with Crippen LogP contribution in [0.5, 0.6) is 0 Å². The third kappa shape index (κ3) is 4.35. The van der Waals surface area contributed by atoms with Gasteiger partial charge < -0.3 is 19.9 Å². The number of hydrogen-bond donors (Lipinski definition) is 1. The number of rotatable bonds is 5. The van der Waals surface area contributed by atoms with Gasteiger partial charge in [0.25, 0.3) is 0 Å². The van der Waals surface area contributed by atoms with Gasteiger partial charge in [-0.3, -0.25) is 4.79 Å². The lowest BCUT2D eigenvalue weighted by Gasteiger charge is -2.33. The zero-order valence-corrected chi connectivity index (χ0v) is 14.6. The lowest BCUT2D eigenvalue weighted by Crippen LogP contribution is -2.43. The summed E-state index contributed by atoms with van der Waals surface area (Å²) in [5.74, 6) is 1.96. The van der Waals surface area contributed by atoms with Crippen LogP contribution in [0, 0.1) is 0 Å². The summed E-state index contributed by atoms with van der Waals surface area (Å²) in [6, 6.07) is 2.30. The number of amides is 1. The van der Waals surface area contributed by atoms with Crippen molar-refractivity contribution in [3.8, 4) is 0 Å². The molecule has 0 bridgehead atoms. The Hall–Kier alpha value is -1.89. The van der Waals surface area contributed by atoms with Crippen molar-refractivity contribution in [1.82, 2.24) is 14.9 Å². The van der Waals surface area contributed by atoms with Gasteiger partial charge in [0.15, 0.2) is 0 Å². The SMILES string of the molecule is CN(C)c1cc(NC2CCN(C(=O)CC3CCCO3)CC2)ncn1. The molecule has 1 amide bonds. The molecule has 3 heterocycles. The number of carbonyl (C=O) groups excluding carboxylic acids is 1. The zero-order chi connectivity index (χ0) is 16.9. The molecule has 2 saturated heterocycles. The average Bonchev–Trinajstić information content (AvgIpc) is 3.08. The van der Waals surface area contributed by atoms with E-state index >= 15 is 0 Å². The van der Waals surface area contributed by atoms with Crippen molar-refractivity contribution in [3.63, 3.8) is 0 Å². The van der Waals surface area contributed by atoms with Gasteiger partial charge >= 0.3 is 0 Å². The summed E-state index contributed by atoms with van der Waals surface area (Å²) in [5, 5.41) is 3.47. The molecule has 132 valence electrons. The second-order valence-electron chi connectivity index (χ2n) is 6.79. The molecule has 1 aromatic heterocycles. The van der Waals surface area contributed by atoms with Crippen molar-refractivity contribution in [3.05, 3.63) is 12.4 Å². The molecule has 1 aromatic rings. The number of likely N-dealkylation sites (tertiary alicyclic amines) is 1. The van der Waals surface area contributed by atoms with E-state index in [1.807, 2.05) is 30.0 Å². The normalized spacial score (nSPS) is 21.8. The number of nitrogens with zero attached hydrogens (tertiary/aromatic N) is 4. The van der Waals surface area contributed by atoms with E-state index in [1.165, 1.54) is 0 Å². The van der Waals surface area contributed by atoms with Gasteiger partial charge in [-0.05, 0) is 25.7 Å². The van der Waals surface area contributed by atoms with Crippen LogP contribution in [0.4, 0.5) is 11.6 Å². The Bertz CT molecular complexity index is 552. The molecule has 0 aromatic carbocycles. The number of ether oxygens (including phenoxy) is 1. The molecule has 2 aliphatic heterocycles. The predicted molar refractivity (Wildman–Crippen MR) is 93.2 cm³/mol. The number of nitrogens with one attached hydrogen (secondary N) is 1. The molecule has 1 atom stereocenters. The molecular weight excluding hydrogens is 306 g/mol. The highest BCUT2D eigenvalue weighted by Crippen LogP contribution is 2.20. The standard InChI is InChI=1S/C17H27N5O2/c1-21(2)16-11-15(18-12-19-16)20-13-5-7-22(8-6-13)17(23)10-14-4-3-9-24-14/h11-14H,3-10H2,1-2H3,(H,18,19,20). The molecule has 2 aliphatic rings. The van der Waals surface area contributed by atoms with Crippen LogP contribution in [0.2, 0.25) is 0 Å². The molecule has 0 saturated carbocycles. The van der Waals surface area contributed by atoms with E-state index in [1.54, 1.807) is 6.33 Å². The van der Waals surface area contributed by atoms with E-state index in [2.05, 4.69) is 15.3 Å². The maximum Gasteiger partial charge on any atom is 0.225 e. The topological polar surface area (TPSA) is 70.6 Å². The van der Waals surface area contributed by atoms with E-state index in [-0.39, 0.29) is 12.0 Å². The van der Waals surface area contributed by atoms with Crippen LogP contribution in [-0.4, -0.2) is 66.7 Å². The third-order valence-corrected chi connectivity index (χ3v) is 4.74. The molecule has 7 nitrogen and oxygen atoms in total. The molecule has 3 rings (SSSR count). The van der Waals surface area contributed by atoms with Crippen LogP contribution in [-0.2, 0) is 9.53 Å². The first-order valence-electron chi connectivity index (χ1n) is 8.77. The zero-order valence-electron chi connectivity index (χ0n) is 14.6. The Labute approximate surface area is 143 Å². The van der Waals surface area contributed by atoms with Crippen molar-refractivity contribution >= 4 is 17.5 Å². The fourth-order valence-electron chi connectivity index (χ4n) is 3.28. The number of anilines is 2. The smallest absolute Gasteiger partial charge is 0.225 e. The summed E-state index contributed by atoms with van der Waals surface area (Å²) in [7, 11) is 3.93. The summed E-state index contributed by atoms with van der Waals surface area (Å²) in [6.45, 7) is 2.40. The third-order valence-electron chi connectivity index (χ3n) is 4.74. The minimum absolute atomic E-state index is 0.138. The summed E-state index contributed by atoms with van der Waals surface area (Å²) in [4.78, 5) is 24.8. The Morgan fingerprint density at radius 1 is 1.33 bits per heavy atom. The number of carbonyl (C=O) groups is 1. The maximum absolute atomic E-state index is 12.3. The fourth-order valence-corrected chi connectivity index (χ4v) is 3.28. The molecule has 1 unspecified atom stereocenters. The van der Waals surface area contributed by atoms with Gasteiger partial charge in [0, 0.05) is 45.9 Å². The molecule has 7 heteroatoms. The summed E-state index contributed by atoms with van der Waals surface area (Å²) >= 11 is 0. The van der Waals surface area contributed by atoms with Crippen molar-refractivity contribution in [2.45, 2.75) is 44.2 Å². The van der Waals surface area contributed by atoms with E-state index in [0.29, 0.717) is 12.5 Å². The first-order valence-corrected chi connectivity index (χ1v) is 8.77. The predicted octanol–water partition coefficient (Wildman–Crippen LogP) is 1.51. The molecule has 24 heavy (non-hydrogen) atoms. The summed E-state index contributed by atoms with van der Waals surface area (Å²) in [5.41, 5.74) is 0. The highest BCUT2D eigenvalue weighted by atomic mass is 16.5. The second kappa shape index (κ2) is 7.79. The van der Waals surface area contributed by atoms with E-state index in [0.717, 1.165) is 57.0 Å². The average molecular weight is 333 g/mol. The van der Waals surface area contributed by atoms with Crippen LogP contribution < -0.4 is 10.2 Å². The van der Waals surface area contributed by atoms with Gasteiger partial charge in [0.05, 0.1) is 12.5 Å². The summed E-state index contributed by atoms with van der Waals surface area (Å²) < 4.78 is 5.57. The largest absolute Gasteiger partial charge is 0.378 e. The fraction of sp³-hybridized carbons (Fsp3) is 0.706.